The Hall–Kier alpha value is -1.93. The minimum Gasteiger partial charge on any atom is -0.483 e. The minimum atomic E-state index is -0.1000. The molecule has 8 heteroatoms. The second-order valence-corrected chi connectivity index (χ2v) is 6.23. The Kier molecular flexibility index (Phi) is 4.00. The van der Waals surface area contributed by atoms with Crippen molar-refractivity contribution in [3.05, 3.63) is 24.0 Å². The summed E-state index contributed by atoms with van der Waals surface area (Å²) in [7, 11) is 0. The average molecular weight is 318 g/mol. The first kappa shape index (κ1) is 14.6. The predicted octanol–water partition coefficient (Wildman–Crippen LogP) is 0.354. The number of rotatable bonds is 4. The average Bonchev–Trinajstić information content (AvgIpc) is 3.20. The van der Waals surface area contributed by atoms with Gasteiger partial charge in [-0.3, -0.25) is 4.68 Å². The summed E-state index contributed by atoms with van der Waals surface area (Å²) < 4.78 is 15.2. The highest BCUT2D eigenvalue weighted by Crippen LogP contribution is 2.18. The maximum Gasteiger partial charge on any atom is 0.157 e. The standard InChI is InChI=1S/C15H22N6O2/c16-12-9-22-10-13(12)23-11-6-17-20(7-11)8-15-19-18-14-4-2-1-3-5-21(14)15/h6-7,12-13H,1-5,8-10,16H2/t12-,13+/m0/s1. The zero-order valence-corrected chi connectivity index (χ0v) is 13.1. The first-order valence-corrected chi connectivity index (χ1v) is 8.23. The van der Waals surface area contributed by atoms with Crippen LogP contribution < -0.4 is 10.5 Å². The van der Waals surface area contributed by atoms with Gasteiger partial charge < -0.3 is 19.8 Å². The van der Waals surface area contributed by atoms with Crippen molar-refractivity contribution in [2.75, 3.05) is 13.2 Å². The van der Waals surface area contributed by atoms with Gasteiger partial charge in [0, 0.05) is 13.0 Å². The van der Waals surface area contributed by atoms with Crippen molar-refractivity contribution in [1.29, 1.82) is 0 Å². The molecule has 1 fully saturated rings. The Morgan fingerprint density at radius 1 is 1.26 bits per heavy atom. The largest absolute Gasteiger partial charge is 0.483 e. The molecule has 2 aliphatic heterocycles. The first-order valence-electron chi connectivity index (χ1n) is 8.23. The maximum atomic E-state index is 5.94. The fourth-order valence-electron chi connectivity index (χ4n) is 3.15. The Morgan fingerprint density at radius 3 is 3.09 bits per heavy atom. The molecule has 1 saturated heterocycles. The van der Waals surface area contributed by atoms with Crippen LogP contribution >= 0.6 is 0 Å². The molecule has 0 saturated carbocycles. The summed E-state index contributed by atoms with van der Waals surface area (Å²) in [5.41, 5.74) is 5.94. The summed E-state index contributed by atoms with van der Waals surface area (Å²) in [6.07, 6.45) is 8.14. The molecule has 4 heterocycles. The van der Waals surface area contributed by atoms with Crippen molar-refractivity contribution in [3.8, 4) is 5.75 Å². The molecule has 23 heavy (non-hydrogen) atoms. The lowest BCUT2D eigenvalue weighted by molar-refractivity contribution is 0.140. The minimum absolute atomic E-state index is 0.0781. The Labute approximate surface area is 134 Å². The summed E-state index contributed by atoms with van der Waals surface area (Å²) in [6, 6.07) is -0.0781. The third kappa shape index (κ3) is 3.09. The number of hydrogen-bond acceptors (Lipinski definition) is 6. The zero-order valence-electron chi connectivity index (χ0n) is 13.1. The van der Waals surface area contributed by atoms with Gasteiger partial charge in [-0.1, -0.05) is 6.42 Å². The van der Waals surface area contributed by atoms with Crippen molar-refractivity contribution in [2.45, 2.75) is 50.9 Å². The number of nitrogens with zero attached hydrogens (tertiary/aromatic N) is 5. The molecule has 2 aromatic rings. The molecule has 2 aromatic heterocycles. The quantitative estimate of drug-likeness (QED) is 0.874. The van der Waals surface area contributed by atoms with Crippen LogP contribution in [0.3, 0.4) is 0 Å². The fourth-order valence-corrected chi connectivity index (χ4v) is 3.15. The van der Waals surface area contributed by atoms with E-state index in [1.54, 1.807) is 6.20 Å². The highest BCUT2D eigenvalue weighted by molar-refractivity contribution is 5.14. The van der Waals surface area contributed by atoms with E-state index in [-0.39, 0.29) is 12.1 Å². The number of hydrogen-bond donors (Lipinski definition) is 1. The fraction of sp³-hybridized carbons (Fsp3) is 0.667. The maximum absolute atomic E-state index is 5.94. The SMILES string of the molecule is N[C@H]1COC[C@H]1Oc1cnn(Cc2nnc3n2CCCCC3)c1. The zero-order chi connectivity index (χ0) is 15.6. The van der Waals surface area contributed by atoms with Gasteiger partial charge in [0.2, 0.25) is 0 Å². The monoisotopic (exact) mass is 318 g/mol. The van der Waals surface area contributed by atoms with Gasteiger partial charge in [-0.15, -0.1) is 10.2 Å². The molecular weight excluding hydrogens is 296 g/mol. The summed E-state index contributed by atoms with van der Waals surface area (Å²) in [6.45, 7) is 2.68. The van der Waals surface area contributed by atoms with Crippen molar-refractivity contribution >= 4 is 0 Å². The highest BCUT2D eigenvalue weighted by Gasteiger charge is 2.27. The van der Waals surface area contributed by atoms with Crippen molar-refractivity contribution in [2.24, 2.45) is 5.73 Å². The van der Waals surface area contributed by atoms with Gasteiger partial charge in [-0.05, 0) is 12.8 Å². The molecule has 2 atom stereocenters. The van der Waals surface area contributed by atoms with Crippen molar-refractivity contribution < 1.29 is 9.47 Å². The van der Waals surface area contributed by atoms with Crippen LogP contribution in [-0.2, 0) is 24.2 Å². The van der Waals surface area contributed by atoms with Crippen LogP contribution in [0.5, 0.6) is 5.75 Å². The topological polar surface area (TPSA) is 93.0 Å². The second-order valence-electron chi connectivity index (χ2n) is 6.23. The van der Waals surface area contributed by atoms with Crippen LogP contribution in [0.4, 0.5) is 0 Å². The van der Waals surface area contributed by atoms with E-state index in [0.29, 0.717) is 25.5 Å². The normalized spacial score (nSPS) is 24.4. The molecule has 0 spiro atoms. The molecule has 0 aromatic carbocycles. The number of nitrogens with two attached hydrogens (primary N) is 1. The molecule has 4 rings (SSSR count). The number of ether oxygens (including phenoxy) is 2. The molecule has 2 N–H and O–H groups in total. The highest BCUT2D eigenvalue weighted by atomic mass is 16.5. The van der Waals surface area contributed by atoms with Gasteiger partial charge in [-0.25, -0.2) is 0 Å². The van der Waals surface area contributed by atoms with E-state index >= 15 is 0 Å². The van der Waals surface area contributed by atoms with Crippen molar-refractivity contribution in [3.63, 3.8) is 0 Å². The van der Waals surface area contributed by atoms with Crippen LogP contribution in [-0.4, -0.2) is 49.9 Å². The summed E-state index contributed by atoms with van der Waals surface area (Å²) in [5, 5.41) is 13.0. The molecule has 8 nitrogen and oxygen atoms in total. The molecule has 124 valence electrons. The van der Waals surface area contributed by atoms with E-state index in [4.69, 9.17) is 15.2 Å². The number of fused-ring (bicyclic) bond motifs is 1. The van der Waals surface area contributed by atoms with E-state index in [2.05, 4.69) is 19.9 Å². The smallest absolute Gasteiger partial charge is 0.157 e. The van der Waals surface area contributed by atoms with Gasteiger partial charge >= 0.3 is 0 Å². The van der Waals surface area contributed by atoms with E-state index in [1.807, 2.05) is 10.9 Å². The lowest BCUT2D eigenvalue weighted by atomic mass is 10.2. The van der Waals surface area contributed by atoms with Gasteiger partial charge in [0.1, 0.15) is 18.5 Å². The third-order valence-electron chi connectivity index (χ3n) is 4.46. The molecule has 2 aliphatic rings. The predicted molar refractivity (Wildman–Crippen MR) is 82.1 cm³/mol. The lowest BCUT2D eigenvalue weighted by Crippen LogP contribution is -2.37. The van der Waals surface area contributed by atoms with Gasteiger partial charge in [-0.2, -0.15) is 5.10 Å². The third-order valence-corrected chi connectivity index (χ3v) is 4.46. The van der Waals surface area contributed by atoms with Crippen LogP contribution in [0.1, 0.15) is 30.9 Å². The van der Waals surface area contributed by atoms with E-state index in [0.717, 1.165) is 24.6 Å². The Morgan fingerprint density at radius 2 is 2.22 bits per heavy atom. The van der Waals surface area contributed by atoms with E-state index < -0.39 is 0 Å². The molecule has 0 aliphatic carbocycles. The van der Waals surface area contributed by atoms with E-state index in [9.17, 15) is 0 Å². The van der Waals surface area contributed by atoms with Gasteiger partial charge in [0.15, 0.2) is 11.6 Å². The molecule has 0 bridgehead atoms. The second kappa shape index (κ2) is 6.29. The van der Waals surface area contributed by atoms with Crippen LogP contribution in [0.25, 0.3) is 0 Å². The molecule has 0 unspecified atom stereocenters. The Bertz CT molecular complexity index is 667. The lowest BCUT2D eigenvalue weighted by Gasteiger charge is -2.13. The molecule has 0 radical (unpaired) electrons. The van der Waals surface area contributed by atoms with Crippen molar-refractivity contribution in [1.82, 2.24) is 24.5 Å². The number of aromatic nitrogens is 5. The summed E-state index contributed by atoms with van der Waals surface area (Å²) >= 11 is 0. The summed E-state index contributed by atoms with van der Waals surface area (Å²) in [4.78, 5) is 0. The number of aryl methyl sites for hydroxylation is 1. The molecule has 0 amide bonds. The Balaban J connectivity index is 1.44. The summed E-state index contributed by atoms with van der Waals surface area (Å²) in [5.74, 6) is 2.76. The van der Waals surface area contributed by atoms with E-state index in [1.165, 1.54) is 19.3 Å². The van der Waals surface area contributed by atoms with Crippen LogP contribution in [0, 0.1) is 0 Å². The van der Waals surface area contributed by atoms with Gasteiger partial charge in [0.25, 0.3) is 0 Å². The molecular formula is C15H22N6O2. The van der Waals surface area contributed by atoms with Crippen LogP contribution in [0.15, 0.2) is 12.4 Å². The van der Waals surface area contributed by atoms with Crippen LogP contribution in [0.2, 0.25) is 0 Å². The van der Waals surface area contributed by atoms with Gasteiger partial charge in [0.05, 0.1) is 31.6 Å². The first-order chi connectivity index (χ1) is 11.3.